The van der Waals surface area contributed by atoms with Crippen LogP contribution in [-0.2, 0) is 53.4 Å². The molecule has 3 saturated heterocycles. The Hall–Kier alpha value is -8.56. The lowest BCUT2D eigenvalue weighted by atomic mass is 9.97. The summed E-state index contributed by atoms with van der Waals surface area (Å²) in [6.07, 6.45) is 20.5. The number of aryl methyl sites for hydroxylation is 5. The number of piperidine rings is 3. The second-order valence-corrected chi connectivity index (χ2v) is 27.0. The predicted molar refractivity (Wildman–Crippen MR) is 353 cm³/mol. The van der Waals surface area contributed by atoms with Gasteiger partial charge in [-0.2, -0.15) is 0 Å². The number of terminal acetylenes is 1. The van der Waals surface area contributed by atoms with Gasteiger partial charge in [0.05, 0.1) is 18.1 Å². The fraction of sp³-hybridized carbons (Fsp3) is 0.627. The van der Waals surface area contributed by atoms with Gasteiger partial charge in [-0.25, -0.2) is 14.4 Å². The van der Waals surface area contributed by atoms with Gasteiger partial charge in [-0.05, 0) is 181 Å². The van der Waals surface area contributed by atoms with Crippen molar-refractivity contribution < 1.29 is 43.3 Å². The third-order valence-electron chi connectivity index (χ3n) is 15.1. The lowest BCUT2D eigenvalue weighted by Crippen LogP contribution is -2.42. The van der Waals surface area contributed by atoms with Crippen LogP contribution >= 0.6 is 0 Å². The Labute approximate surface area is 548 Å². The highest BCUT2D eigenvalue weighted by molar-refractivity contribution is 5.92. The highest BCUT2D eigenvalue weighted by Crippen LogP contribution is 2.23. The summed E-state index contributed by atoms with van der Waals surface area (Å²) in [4.78, 5) is 68.1. The lowest BCUT2D eigenvalue weighted by molar-refractivity contribution is 0.0154. The molecule has 0 radical (unpaired) electrons. The molecule has 26 nitrogen and oxygen atoms in total. The highest BCUT2D eigenvalue weighted by Gasteiger charge is 2.30. The van der Waals surface area contributed by atoms with Crippen molar-refractivity contribution >= 4 is 30.1 Å². The van der Waals surface area contributed by atoms with E-state index in [1.54, 1.807) is 36.5 Å². The Morgan fingerprint density at radius 1 is 0.602 bits per heavy atom. The third-order valence-corrected chi connectivity index (χ3v) is 15.1. The van der Waals surface area contributed by atoms with Crippen molar-refractivity contribution in [1.82, 2.24) is 70.3 Å². The van der Waals surface area contributed by atoms with E-state index in [4.69, 9.17) is 31.3 Å². The number of aromatic nitrogens is 9. The van der Waals surface area contributed by atoms with E-state index in [2.05, 4.69) is 57.5 Å². The first-order chi connectivity index (χ1) is 44.2. The van der Waals surface area contributed by atoms with Gasteiger partial charge < -0.3 is 44.7 Å². The molecule has 0 saturated carbocycles. The summed E-state index contributed by atoms with van der Waals surface area (Å²) in [7, 11) is 0. The zero-order valence-electron chi connectivity index (χ0n) is 56.8. The number of unbranched alkanes of at least 4 members (excludes halogenated alkanes) is 3. The van der Waals surface area contributed by atoms with Gasteiger partial charge in [0.1, 0.15) is 16.8 Å². The molecule has 3 aliphatic heterocycles. The number of hydrogen-bond acceptors (Lipinski definition) is 16. The Kier molecular flexibility index (Phi) is 30.6. The van der Waals surface area contributed by atoms with Gasteiger partial charge in [0, 0.05) is 103 Å². The van der Waals surface area contributed by atoms with Crippen molar-refractivity contribution in [3.8, 4) is 12.3 Å². The molecule has 5 amide bonds. The van der Waals surface area contributed by atoms with Crippen LogP contribution in [-0.4, -0.2) is 164 Å². The average Bonchev–Trinajstić information content (AvgIpc) is 2.14. The van der Waals surface area contributed by atoms with Crippen LogP contribution in [0, 0.1) is 43.9 Å². The second-order valence-electron chi connectivity index (χ2n) is 27.0. The summed E-state index contributed by atoms with van der Waals surface area (Å²) >= 11 is 0. The number of amides is 5. The first kappa shape index (κ1) is 75.2. The Morgan fingerprint density at radius 2 is 1.02 bits per heavy atom. The van der Waals surface area contributed by atoms with Gasteiger partial charge in [0.25, 0.3) is 11.8 Å². The maximum atomic E-state index is 12.4. The maximum Gasteiger partial charge on any atom is 0.410 e. The number of nitrogens with one attached hydrogen (secondary N) is 2. The van der Waals surface area contributed by atoms with Gasteiger partial charge in [0.2, 0.25) is 0 Å². The number of nitrogens with zero attached hydrogens (tertiary/aromatic N) is 15. The Morgan fingerprint density at radius 3 is 1.43 bits per heavy atom. The van der Waals surface area contributed by atoms with Gasteiger partial charge >= 0.3 is 18.3 Å². The highest BCUT2D eigenvalue weighted by atomic mass is 16.6. The fourth-order valence-corrected chi connectivity index (χ4v) is 10.1. The molecule has 0 aliphatic carbocycles. The molecule has 3 fully saturated rings. The Bertz CT molecular complexity index is 3190. The number of benzene rings is 2. The van der Waals surface area contributed by atoms with Crippen LogP contribution in [0.4, 0.5) is 14.4 Å². The number of carbonyl (C=O) groups excluding carboxylic acids is 5. The summed E-state index contributed by atoms with van der Waals surface area (Å²) in [5.41, 5.74) is 13.0. The topological polar surface area (TPSA) is 308 Å². The van der Waals surface area contributed by atoms with E-state index < -0.39 is 16.8 Å². The van der Waals surface area contributed by atoms with Crippen molar-refractivity contribution in [1.29, 1.82) is 0 Å². The minimum atomic E-state index is -0.470. The first-order valence-corrected chi connectivity index (χ1v) is 32.5. The number of hydrogen-bond donors (Lipinski definition) is 3. The first-order valence-electron chi connectivity index (χ1n) is 32.5. The minimum Gasteiger partial charge on any atom is -0.444 e. The third kappa shape index (κ3) is 29.7. The van der Waals surface area contributed by atoms with Crippen LogP contribution in [0.1, 0.15) is 182 Å². The molecular weight excluding hydrogens is 1190 g/mol. The molecule has 2 aromatic carbocycles. The van der Waals surface area contributed by atoms with Gasteiger partial charge in [-0.15, -0.1) is 27.6 Å². The SMILES string of the molecule is C#CCCCCn1cc(C(=O)NCc2cccc(C)c2)nn1.CC(C)(C)OC(=O)N1CCC(CN=[N+]=[N-])CC1.CC(C)(C)OC(=O)N1CCC(CO)CC1.Cc1cccc(CNC(=O)c2cn(CCCCc3cn(CC4CCN(C(=O)OC(C)(C)C)CC4)nn3)nn2)c1. The number of likely N-dealkylation sites (tertiary alicyclic amines) is 3. The molecule has 0 bridgehead atoms. The van der Waals surface area contributed by atoms with Crippen molar-refractivity contribution in [3.63, 3.8) is 0 Å². The van der Waals surface area contributed by atoms with Crippen LogP contribution in [0.15, 0.2) is 72.2 Å². The second kappa shape index (κ2) is 37.8. The molecule has 26 heteroatoms. The monoisotopic (exact) mass is 1290 g/mol. The molecule has 3 aromatic heterocycles. The van der Waals surface area contributed by atoms with Crippen molar-refractivity contribution in [2.75, 3.05) is 52.4 Å². The quantitative estimate of drug-likeness (QED) is 0.0163. The van der Waals surface area contributed by atoms with Crippen molar-refractivity contribution in [2.45, 2.75) is 203 Å². The minimum absolute atomic E-state index is 0.212. The van der Waals surface area contributed by atoms with Crippen molar-refractivity contribution in [3.05, 3.63) is 117 Å². The number of ether oxygens (including phenoxy) is 3. The van der Waals surface area contributed by atoms with Gasteiger partial charge in [0.15, 0.2) is 11.4 Å². The Balaban J connectivity index is 0.000000245. The van der Waals surface area contributed by atoms with E-state index in [9.17, 15) is 24.0 Å². The van der Waals surface area contributed by atoms with E-state index in [0.717, 1.165) is 113 Å². The zero-order valence-corrected chi connectivity index (χ0v) is 56.8. The summed E-state index contributed by atoms with van der Waals surface area (Å²) in [6.45, 7) is 29.0. The molecule has 6 heterocycles. The van der Waals surface area contributed by atoms with E-state index in [1.807, 2.05) is 136 Å². The molecule has 93 heavy (non-hydrogen) atoms. The smallest absolute Gasteiger partial charge is 0.410 e. The van der Waals surface area contributed by atoms with Crippen LogP contribution in [0.3, 0.4) is 0 Å². The largest absolute Gasteiger partial charge is 0.444 e. The number of rotatable bonds is 20. The summed E-state index contributed by atoms with van der Waals surface area (Å²) in [5.74, 6) is 3.38. The maximum absolute atomic E-state index is 12.4. The van der Waals surface area contributed by atoms with Crippen LogP contribution < -0.4 is 10.6 Å². The number of aliphatic hydroxyl groups is 1. The average molecular weight is 1290 g/mol. The summed E-state index contributed by atoms with van der Waals surface area (Å²) < 4.78 is 21.4. The zero-order chi connectivity index (χ0) is 68.0. The number of aliphatic hydroxyl groups excluding tert-OH is 1. The fourth-order valence-electron chi connectivity index (χ4n) is 10.1. The normalized spacial score (nSPS) is 14.7. The van der Waals surface area contributed by atoms with Crippen LogP contribution in [0.25, 0.3) is 10.4 Å². The molecule has 8 rings (SSSR count). The van der Waals surface area contributed by atoms with Gasteiger partial charge in [-0.3, -0.25) is 23.6 Å². The standard InChI is InChI=1S/C28H40N8O3.C17H20N4O.C11H20N4O2.C11H21NO3/c1-21-8-7-9-23(16-21)17-29-26(37)25-20-35(33-31-25)13-6-5-10-24-19-36(32-30-24)18-22-11-14-34(15-12-22)27(38)39-28(2,3)4;1-3-4-5-6-10-21-13-16(19-20-21)17(22)18-12-15-9-7-8-14(2)11-15;1-11(2,3)17-10(16)15-6-4-9(5-7-15)8-13-14-12;1-11(2,3)15-10(14)12-6-4-9(8-13)5-7-12/h7-9,16,19-20,22H,5-6,10-15,17-18H2,1-4H3,(H,29,37);1,7-9,11,13H,4-6,10,12H2,2H3,(H,18,22);9H,4-8H2,1-3H3;9,13H,4-8H2,1-3H3. The number of azide groups is 1. The van der Waals surface area contributed by atoms with E-state index >= 15 is 0 Å². The van der Waals surface area contributed by atoms with Crippen molar-refractivity contribution in [2.24, 2.45) is 22.9 Å². The van der Waals surface area contributed by atoms with E-state index in [-0.39, 0.29) is 36.7 Å². The van der Waals surface area contributed by atoms with Crippen LogP contribution in [0.5, 0.6) is 0 Å². The molecule has 0 unspecified atom stereocenters. The lowest BCUT2D eigenvalue weighted by Gasteiger charge is -2.33. The van der Waals surface area contributed by atoms with Crippen LogP contribution in [0.2, 0.25) is 0 Å². The molecule has 0 atom stereocenters. The predicted octanol–water partition coefficient (Wildman–Crippen LogP) is 10.7. The summed E-state index contributed by atoms with van der Waals surface area (Å²) in [6, 6.07) is 16.1. The molecule has 3 aliphatic rings. The van der Waals surface area contributed by atoms with E-state index in [1.165, 1.54) is 5.56 Å². The molecule has 508 valence electrons. The van der Waals surface area contributed by atoms with Gasteiger partial charge in [-0.1, -0.05) is 80.4 Å². The molecule has 3 N–H and O–H groups in total. The molecular formula is C67H101N17O9. The molecule has 5 aromatic rings. The van der Waals surface area contributed by atoms with E-state index in [0.29, 0.717) is 94.6 Å². The summed E-state index contributed by atoms with van der Waals surface area (Å²) in [5, 5.41) is 42.9. The number of carbonyl (C=O) groups is 5. The molecule has 0 spiro atoms.